The Bertz CT molecular complexity index is 821. The summed E-state index contributed by atoms with van der Waals surface area (Å²) < 4.78 is 0. The molecule has 0 aliphatic heterocycles. The third-order valence-electron chi connectivity index (χ3n) is 3.00. The van der Waals surface area contributed by atoms with Crippen LogP contribution in [-0.2, 0) is 0 Å². The topological polar surface area (TPSA) is 58.6 Å². The molecule has 2 heterocycles. The molecule has 0 aliphatic rings. The summed E-state index contributed by atoms with van der Waals surface area (Å²) >= 11 is 0. The van der Waals surface area contributed by atoms with Gasteiger partial charge in [-0.2, -0.15) is 4.98 Å². The fourth-order valence-electron chi connectivity index (χ4n) is 2.11. The molecule has 2 aromatic heterocycles. The van der Waals surface area contributed by atoms with Gasteiger partial charge in [0.05, 0.1) is 11.2 Å². The second-order valence-corrected chi connectivity index (χ2v) is 4.61. The van der Waals surface area contributed by atoms with E-state index < -0.39 is 0 Å². The van der Waals surface area contributed by atoms with Gasteiger partial charge in [0.25, 0.3) is 0 Å². The molecule has 0 radical (unpaired) electrons. The highest BCUT2D eigenvalue weighted by atomic mass is 16.1. The largest absolute Gasteiger partial charge is 0.345 e. The van der Waals surface area contributed by atoms with E-state index in [1.54, 1.807) is 0 Å². The van der Waals surface area contributed by atoms with Crippen LogP contribution in [-0.4, -0.2) is 15.0 Å². The molecule has 0 saturated heterocycles. The van der Waals surface area contributed by atoms with Crippen molar-refractivity contribution in [2.45, 2.75) is 13.8 Å². The first kappa shape index (κ1) is 11.6. The number of benzene rings is 1. The molecule has 0 saturated carbocycles. The van der Waals surface area contributed by atoms with Crippen molar-refractivity contribution in [1.82, 2.24) is 15.0 Å². The molecule has 0 spiro atoms. The summed E-state index contributed by atoms with van der Waals surface area (Å²) in [6.07, 6.45) is 0. The van der Waals surface area contributed by atoms with Crippen LogP contribution in [0.4, 0.5) is 0 Å². The lowest BCUT2D eigenvalue weighted by atomic mass is 10.1. The van der Waals surface area contributed by atoms with Gasteiger partial charge < -0.3 is 4.98 Å². The van der Waals surface area contributed by atoms with Crippen molar-refractivity contribution in [3.63, 3.8) is 0 Å². The Morgan fingerprint density at radius 2 is 1.84 bits per heavy atom. The molecule has 94 valence electrons. The molecule has 1 N–H and O–H groups in total. The zero-order chi connectivity index (χ0) is 13.4. The van der Waals surface area contributed by atoms with Crippen molar-refractivity contribution in [3.8, 4) is 11.3 Å². The van der Waals surface area contributed by atoms with Gasteiger partial charge in [0, 0.05) is 22.3 Å². The van der Waals surface area contributed by atoms with Gasteiger partial charge in [0.1, 0.15) is 0 Å². The molecule has 0 unspecified atom stereocenters. The third kappa shape index (κ3) is 2.25. The molecule has 19 heavy (non-hydrogen) atoms. The Morgan fingerprint density at radius 3 is 2.63 bits per heavy atom. The van der Waals surface area contributed by atoms with Gasteiger partial charge in [0.15, 0.2) is 0 Å². The number of H-pyrrole nitrogens is 1. The van der Waals surface area contributed by atoms with Gasteiger partial charge in [0.2, 0.25) is 0 Å². The Kier molecular flexibility index (Phi) is 2.63. The minimum Gasteiger partial charge on any atom is -0.310 e. The van der Waals surface area contributed by atoms with E-state index in [0.29, 0.717) is 5.69 Å². The van der Waals surface area contributed by atoms with Crippen LogP contribution in [0.15, 0.2) is 41.2 Å². The van der Waals surface area contributed by atoms with Crippen molar-refractivity contribution in [2.75, 3.05) is 0 Å². The fraction of sp³-hybridized carbons (Fsp3) is 0.133. The number of pyridine rings is 1. The van der Waals surface area contributed by atoms with Crippen LogP contribution >= 0.6 is 0 Å². The number of aryl methyl sites for hydroxylation is 2. The molecule has 1 aromatic carbocycles. The highest BCUT2D eigenvalue weighted by molar-refractivity contribution is 5.83. The molecule has 0 bridgehead atoms. The normalized spacial score (nSPS) is 10.8. The highest BCUT2D eigenvalue weighted by Crippen LogP contribution is 2.21. The molecule has 0 amide bonds. The van der Waals surface area contributed by atoms with E-state index >= 15 is 0 Å². The molecular weight excluding hydrogens is 238 g/mol. The molecule has 4 nitrogen and oxygen atoms in total. The molecule has 3 rings (SSSR count). The van der Waals surface area contributed by atoms with Crippen LogP contribution in [0, 0.1) is 13.8 Å². The Hall–Kier alpha value is -2.49. The Labute approximate surface area is 110 Å². The van der Waals surface area contributed by atoms with Gasteiger partial charge in [-0.15, -0.1) is 0 Å². The monoisotopic (exact) mass is 251 g/mol. The molecule has 0 fully saturated rings. The Balaban J connectivity index is 2.20. The predicted molar refractivity (Wildman–Crippen MR) is 75.1 cm³/mol. The maximum Gasteiger partial charge on any atom is 0.345 e. The van der Waals surface area contributed by atoms with Crippen LogP contribution in [0.25, 0.3) is 22.2 Å². The summed E-state index contributed by atoms with van der Waals surface area (Å²) in [5.41, 5.74) is 4.03. The zero-order valence-corrected chi connectivity index (χ0v) is 10.8. The fourth-order valence-corrected chi connectivity index (χ4v) is 2.11. The molecule has 0 aliphatic carbocycles. The minimum atomic E-state index is -0.322. The van der Waals surface area contributed by atoms with Crippen LogP contribution in [0.3, 0.4) is 0 Å². The summed E-state index contributed by atoms with van der Waals surface area (Å²) in [6, 6.07) is 11.8. The quantitative estimate of drug-likeness (QED) is 0.723. The van der Waals surface area contributed by atoms with E-state index in [9.17, 15) is 4.79 Å². The SMILES string of the molecule is Cc1ccc2cc(-c3cc(C)[nH]c(=O)n3)ccc2n1. The number of hydrogen-bond donors (Lipinski definition) is 1. The maximum absolute atomic E-state index is 11.4. The van der Waals surface area contributed by atoms with Gasteiger partial charge in [-0.05, 0) is 38.1 Å². The lowest BCUT2D eigenvalue weighted by Crippen LogP contribution is -2.11. The van der Waals surface area contributed by atoms with Crippen LogP contribution in [0.2, 0.25) is 0 Å². The van der Waals surface area contributed by atoms with Gasteiger partial charge in [-0.1, -0.05) is 12.1 Å². The van der Waals surface area contributed by atoms with Crippen LogP contribution < -0.4 is 5.69 Å². The van der Waals surface area contributed by atoms with E-state index in [1.165, 1.54) is 0 Å². The molecule has 4 heteroatoms. The number of aromatic amines is 1. The summed E-state index contributed by atoms with van der Waals surface area (Å²) in [4.78, 5) is 22.5. The van der Waals surface area contributed by atoms with E-state index in [1.807, 2.05) is 50.2 Å². The molecule has 0 atom stereocenters. The average molecular weight is 251 g/mol. The third-order valence-corrected chi connectivity index (χ3v) is 3.00. The number of hydrogen-bond acceptors (Lipinski definition) is 3. The number of aromatic nitrogens is 3. The number of nitrogens with zero attached hydrogens (tertiary/aromatic N) is 2. The smallest absolute Gasteiger partial charge is 0.310 e. The first-order chi connectivity index (χ1) is 9.11. The molecule has 3 aromatic rings. The summed E-state index contributed by atoms with van der Waals surface area (Å²) in [5, 5.41) is 1.04. The van der Waals surface area contributed by atoms with Gasteiger partial charge >= 0.3 is 5.69 Å². The van der Waals surface area contributed by atoms with E-state index in [0.717, 1.165) is 27.9 Å². The van der Waals surface area contributed by atoms with Crippen molar-refractivity contribution in [3.05, 3.63) is 58.3 Å². The van der Waals surface area contributed by atoms with E-state index in [2.05, 4.69) is 15.0 Å². The maximum atomic E-state index is 11.4. The van der Waals surface area contributed by atoms with Gasteiger partial charge in [-0.25, -0.2) is 4.79 Å². The predicted octanol–water partition coefficient (Wildman–Crippen LogP) is 2.60. The van der Waals surface area contributed by atoms with Crippen LogP contribution in [0.5, 0.6) is 0 Å². The second kappa shape index (κ2) is 4.31. The van der Waals surface area contributed by atoms with Gasteiger partial charge in [-0.3, -0.25) is 4.98 Å². The summed E-state index contributed by atoms with van der Waals surface area (Å²) in [6.45, 7) is 3.81. The van der Waals surface area contributed by atoms with E-state index in [4.69, 9.17) is 0 Å². The highest BCUT2D eigenvalue weighted by Gasteiger charge is 2.04. The van der Waals surface area contributed by atoms with Crippen molar-refractivity contribution < 1.29 is 0 Å². The standard InChI is InChI=1S/C15H13N3O/c1-9-3-4-11-8-12(5-6-13(11)16-9)14-7-10(2)17-15(19)18-14/h3-8H,1-2H3,(H,17,18,19). The molecular formula is C15H13N3O. The lowest BCUT2D eigenvalue weighted by molar-refractivity contribution is 1.03. The summed E-state index contributed by atoms with van der Waals surface area (Å²) in [7, 11) is 0. The lowest BCUT2D eigenvalue weighted by Gasteiger charge is -2.04. The Morgan fingerprint density at radius 1 is 1.00 bits per heavy atom. The second-order valence-electron chi connectivity index (χ2n) is 4.61. The first-order valence-electron chi connectivity index (χ1n) is 6.07. The van der Waals surface area contributed by atoms with E-state index in [-0.39, 0.29) is 5.69 Å². The minimum absolute atomic E-state index is 0.322. The van der Waals surface area contributed by atoms with Crippen molar-refractivity contribution in [2.24, 2.45) is 0 Å². The number of nitrogens with one attached hydrogen (secondary N) is 1. The van der Waals surface area contributed by atoms with Crippen molar-refractivity contribution >= 4 is 10.9 Å². The number of rotatable bonds is 1. The first-order valence-corrected chi connectivity index (χ1v) is 6.07. The van der Waals surface area contributed by atoms with Crippen molar-refractivity contribution in [1.29, 1.82) is 0 Å². The number of fused-ring (bicyclic) bond motifs is 1. The zero-order valence-electron chi connectivity index (χ0n) is 10.8. The summed E-state index contributed by atoms with van der Waals surface area (Å²) in [5.74, 6) is 0. The average Bonchev–Trinajstić information content (AvgIpc) is 2.37. The van der Waals surface area contributed by atoms with Crippen LogP contribution in [0.1, 0.15) is 11.4 Å².